The average molecular weight is 464 g/mol. The van der Waals surface area contributed by atoms with Crippen molar-refractivity contribution in [3.8, 4) is 17.1 Å². The molecule has 2 aromatic heterocycles. The Kier molecular flexibility index (Phi) is 6.15. The lowest BCUT2D eigenvalue weighted by Gasteiger charge is -2.15. The number of nitrogens with one attached hydrogen (secondary N) is 1. The number of hydrogen-bond donors (Lipinski definition) is 1. The number of thioether (sulfide) groups is 1. The van der Waals surface area contributed by atoms with Crippen LogP contribution in [0.1, 0.15) is 19.8 Å². The molecule has 0 spiro atoms. The Balaban J connectivity index is 1.49. The highest BCUT2D eigenvalue weighted by molar-refractivity contribution is 8.00. The first-order valence-electron chi connectivity index (χ1n) is 11.0. The minimum Gasteiger partial charge on any atom is -0.497 e. The molecule has 9 heteroatoms. The Morgan fingerprint density at radius 1 is 1.24 bits per heavy atom. The number of methoxy groups -OCH3 is 1. The first kappa shape index (κ1) is 21.7. The molecular formula is C24H25N5O3S. The number of fused-ring (bicyclic) bond motifs is 3. The fourth-order valence-corrected chi connectivity index (χ4v) is 4.82. The minimum atomic E-state index is -0.353. The highest BCUT2D eigenvalue weighted by atomic mass is 32.2. The molecule has 0 aliphatic carbocycles. The summed E-state index contributed by atoms with van der Waals surface area (Å²) in [6, 6.07) is 15.6. The fourth-order valence-electron chi connectivity index (χ4n) is 3.94. The summed E-state index contributed by atoms with van der Waals surface area (Å²) in [4.78, 5) is 17.6. The predicted octanol–water partition coefficient (Wildman–Crippen LogP) is 3.73. The van der Waals surface area contributed by atoms with Crippen LogP contribution in [0.5, 0.6) is 5.75 Å². The third-order valence-electron chi connectivity index (χ3n) is 5.74. The second kappa shape index (κ2) is 9.36. The maximum Gasteiger partial charge on any atom is 0.233 e. The monoisotopic (exact) mass is 463 g/mol. The number of carbonyl (C=O) groups excluding carboxylic acids is 1. The lowest BCUT2D eigenvalue weighted by atomic mass is 10.1. The van der Waals surface area contributed by atoms with Crippen LogP contribution in [0.4, 0.5) is 0 Å². The van der Waals surface area contributed by atoms with Crippen LogP contribution in [0, 0.1) is 0 Å². The minimum absolute atomic E-state index is 0.0491. The predicted molar refractivity (Wildman–Crippen MR) is 128 cm³/mol. The highest BCUT2D eigenvalue weighted by Gasteiger charge is 2.23. The molecule has 2 unspecified atom stereocenters. The molecule has 4 aromatic rings. The van der Waals surface area contributed by atoms with Gasteiger partial charge in [0, 0.05) is 24.1 Å². The summed E-state index contributed by atoms with van der Waals surface area (Å²) in [5.41, 5.74) is 2.45. The van der Waals surface area contributed by atoms with Gasteiger partial charge in [0.2, 0.25) is 5.91 Å². The van der Waals surface area contributed by atoms with E-state index in [-0.39, 0.29) is 17.3 Å². The second-order valence-electron chi connectivity index (χ2n) is 7.96. The van der Waals surface area contributed by atoms with Crippen LogP contribution in [0.15, 0.2) is 53.7 Å². The molecule has 1 fully saturated rings. The number of hydrogen-bond acceptors (Lipinski definition) is 7. The van der Waals surface area contributed by atoms with Crippen LogP contribution in [-0.4, -0.2) is 57.1 Å². The van der Waals surface area contributed by atoms with Gasteiger partial charge in [0.05, 0.1) is 24.0 Å². The number of benzene rings is 2. The van der Waals surface area contributed by atoms with Gasteiger partial charge >= 0.3 is 0 Å². The fraction of sp³-hybridized carbons (Fsp3) is 0.333. The zero-order valence-corrected chi connectivity index (χ0v) is 19.3. The molecule has 3 heterocycles. The van der Waals surface area contributed by atoms with Gasteiger partial charge in [-0.3, -0.25) is 9.20 Å². The number of nitrogens with zero attached hydrogens (tertiary/aromatic N) is 4. The van der Waals surface area contributed by atoms with Crippen LogP contribution in [0.3, 0.4) is 0 Å². The van der Waals surface area contributed by atoms with E-state index >= 15 is 0 Å². The zero-order chi connectivity index (χ0) is 22.8. The van der Waals surface area contributed by atoms with E-state index in [1.54, 1.807) is 7.11 Å². The summed E-state index contributed by atoms with van der Waals surface area (Å²) in [5.74, 6) is 1.43. The normalized spacial score (nSPS) is 16.8. The van der Waals surface area contributed by atoms with Crippen LogP contribution in [0.25, 0.3) is 27.9 Å². The summed E-state index contributed by atoms with van der Waals surface area (Å²) in [6.07, 6.45) is 2.14. The van der Waals surface area contributed by atoms with Crippen molar-refractivity contribution in [2.75, 3.05) is 20.3 Å². The summed E-state index contributed by atoms with van der Waals surface area (Å²) in [5, 5.41) is 13.1. The first-order valence-corrected chi connectivity index (χ1v) is 11.9. The molecule has 5 rings (SSSR count). The molecule has 0 radical (unpaired) electrons. The molecular weight excluding hydrogens is 438 g/mol. The number of para-hydroxylation sites is 1. The molecule has 1 aliphatic heterocycles. The van der Waals surface area contributed by atoms with Gasteiger partial charge in [-0.25, -0.2) is 4.98 Å². The van der Waals surface area contributed by atoms with Crippen molar-refractivity contribution in [3.63, 3.8) is 0 Å². The number of ether oxygens (including phenoxy) is 2. The molecule has 1 N–H and O–H groups in total. The Hall–Kier alpha value is -3.17. The van der Waals surface area contributed by atoms with Crippen LogP contribution in [0.2, 0.25) is 0 Å². The summed E-state index contributed by atoms with van der Waals surface area (Å²) < 4.78 is 12.8. The van der Waals surface area contributed by atoms with E-state index in [2.05, 4.69) is 15.5 Å². The van der Waals surface area contributed by atoms with Crippen LogP contribution < -0.4 is 10.1 Å². The second-order valence-corrected chi connectivity index (χ2v) is 9.27. The molecule has 1 saturated heterocycles. The number of rotatable bonds is 7. The number of aromatic nitrogens is 4. The number of amides is 1. The molecule has 1 amide bonds. The van der Waals surface area contributed by atoms with Gasteiger partial charge in [0.1, 0.15) is 11.6 Å². The molecule has 0 bridgehead atoms. The first-order chi connectivity index (χ1) is 16.1. The summed E-state index contributed by atoms with van der Waals surface area (Å²) in [6.45, 7) is 3.18. The van der Waals surface area contributed by atoms with Gasteiger partial charge in [0.25, 0.3) is 0 Å². The zero-order valence-electron chi connectivity index (χ0n) is 18.5. The van der Waals surface area contributed by atoms with E-state index in [4.69, 9.17) is 14.5 Å². The van der Waals surface area contributed by atoms with Gasteiger partial charge in [-0.15, -0.1) is 10.2 Å². The van der Waals surface area contributed by atoms with Crippen molar-refractivity contribution < 1.29 is 14.3 Å². The maximum atomic E-state index is 12.7. The van der Waals surface area contributed by atoms with Gasteiger partial charge in [-0.1, -0.05) is 23.9 Å². The lowest BCUT2D eigenvalue weighted by Crippen LogP contribution is -2.36. The van der Waals surface area contributed by atoms with Crippen molar-refractivity contribution in [2.45, 2.75) is 36.3 Å². The molecule has 2 aromatic carbocycles. The third kappa shape index (κ3) is 4.38. The Bertz CT molecular complexity index is 1280. The van der Waals surface area contributed by atoms with E-state index < -0.39 is 0 Å². The van der Waals surface area contributed by atoms with Gasteiger partial charge in [-0.2, -0.15) is 0 Å². The Labute approximate surface area is 195 Å². The quantitative estimate of drug-likeness (QED) is 0.418. The smallest absolute Gasteiger partial charge is 0.233 e. The molecule has 8 nitrogen and oxygen atoms in total. The van der Waals surface area contributed by atoms with Gasteiger partial charge in [-0.05, 0) is 56.2 Å². The molecule has 170 valence electrons. The Morgan fingerprint density at radius 2 is 2.06 bits per heavy atom. The Morgan fingerprint density at radius 3 is 2.82 bits per heavy atom. The van der Waals surface area contributed by atoms with Gasteiger partial charge < -0.3 is 14.8 Å². The van der Waals surface area contributed by atoms with Crippen molar-refractivity contribution in [3.05, 3.63) is 48.5 Å². The largest absolute Gasteiger partial charge is 0.497 e. The van der Waals surface area contributed by atoms with Crippen molar-refractivity contribution >= 4 is 34.2 Å². The van der Waals surface area contributed by atoms with Crippen molar-refractivity contribution in [2.24, 2.45) is 0 Å². The standard InChI is InChI=1S/C24H25N5O3S/c1-15(23(30)25-14-18-6-5-13-32-18)33-24-28-27-22-19-7-3-4-8-20(19)26-21(29(22)24)16-9-11-17(31-2)12-10-16/h3-4,7-12,15,18H,5-6,13-14H2,1-2H3,(H,25,30). The summed E-state index contributed by atoms with van der Waals surface area (Å²) in [7, 11) is 1.64. The highest BCUT2D eigenvalue weighted by Crippen LogP contribution is 2.31. The molecule has 2 atom stereocenters. The van der Waals surface area contributed by atoms with Crippen molar-refractivity contribution in [1.82, 2.24) is 24.9 Å². The van der Waals surface area contributed by atoms with Crippen LogP contribution in [-0.2, 0) is 9.53 Å². The van der Waals surface area contributed by atoms with Gasteiger partial charge in [0.15, 0.2) is 10.8 Å². The maximum absolute atomic E-state index is 12.7. The number of carbonyl (C=O) groups is 1. The third-order valence-corrected chi connectivity index (χ3v) is 6.79. The van der Waals surface area contributed by atoms with E-state index in [1.165, 1.54) is 11.8 Å². The van der Waals surface area contributed by atoms with E-state index in [0.29, 0.717) is 23.2 Å². The molecule has 1 aliphatic rings. The van der Waals surface area contributed by atoms with E-state index in [9.17, 15) is 4.79 Å². The van der Waals surface area contributed by atoms with E-state index in [1.807, 2.05) is 59.9 Å². The summed E-state index contributed by atoms with van der Waals surface area (Å²) >= 11 is 1.37. The topological polar surface area (TPSA) is 90.6 Å². The average Bonchev–Trinajstić information content (AvgIpc) is 3.52. The molecule has 33 heavy (non-hydrogen) atoms. The van der Waals surface area contributed by atoms with Crippen LogP contribution >= 0.6 is 11.8 Å². The molecule has 0 saturated carbocycles. The van der Waals surface area contributed by atoms with Crippen molar-refractivity contribution in [1.29, 1.82) is 0 Å². The van der Waals surface area contributed by atoms with E-state index in [0.717, 1.165) is 41.7 Å². The SMILES string of the molecule is COc1ccc(-c2nc3ccccc3c3nnc(SC(C)C(=O)NCC4CCCO4)n23)cc1. The lowest BCUT2D eigenvalue weighted by molar-refractivity contribution is -0.120.